The third kappa shape index (κ3) is 4.79. The van der Waals surface area contributed by atoms with Gasteiger partial charge in [0, 0.05) is 25.0 Å². The maximum Gasteiger partial charge on any atom is 0.416 e. The number of rotatable bonds is 6. The maximum absolute atomic E-state index is 13.8. The normalized spacial score (nSPS) is 28.1. The Morgan fingerprint density at radius 1 is 1.14 bits per heavy atom. The zero-order valence-electron chi connectivity index (χ0n) is 19.3. The van der Waals surface area contributed by atoms with E-state index < -0.39 is 21.8 Å². The number of nitrogens with two attached hydrogens (primary N) is 1. The highest BCUT2D eigenvalue weighted by molar-refractivity contribution is 7.89. The van der Waals surface area contributed by atoms with Crippen molar-refractivity contribution in [2.45, 2.75) is 68.1 Å². The molecule has 8 nitrogen and oxygen atoms in total. The standard InChI is InChI=1S/C23H30F3N5O3S/c24-23(25,26)16-6-1-7-17(13-16)35(32,33)31-14-15-5-3-11-30-12-4-8-18(21(15)30)19(31)9-2-10-20-28-29-22(27)34-20/h1,6-7,13,15,18-19,21H,2-5,8-12,14H2,(H2,27,29)/t15-,18+,19+,21-/m0/s1. The van der Waals surface area contributed by atoms with Crippen molar-refractivity contribution in [3.63, 3.8) is 0 Å². The third-order valence-corrected chi connectivity index (χ3v) is 9.65. The molecule has 0 aliphatic carbocycles. The summed E-state index contributed by atoms with van der Waals surface area (Å²) in [5.74, 6) is 0.712. The molecule has 0 unspecified atom stereocenters. The quantitative estimate of drug-likeness (QED) is 0.630. The first-order valence-corrected chi connectivity index (χ1v) is 13.6. The summed E-state index contributed by atoms with van der Waals surface area (Å²) in [5, 5.41) is 7.55. The van der Waals surface area contributed by atoms with Gasteiger partial charge in [-0.3, -0.25) is 4.90 Å². The number of aryl methyl sites for hydroxylation is 1. The fraction of sp³-hybridized carbons (Fsp3) is 0.652. The van der Waals surface area contributed by atoms with E-state index in [1.807, 2.05) is 0 Å². The van der Waals surface area contributed by atoms with Gasteiger partial charge < -0.3 is 10.2 Å². The number of piperidine rings is 3. The SMILES string of the molecule is Nc1nnc(CCC[C@@H]2[C@H]3CCCN4CCC[C@@H](CN2S(=O)(=O)c2cccc(C(F)(F)F)c2)[C@@H]34)o1. The molecular weight excluding hydrogens is 483 g/mol. The molecule has 0 amide bonds. The minimum Gasteiger partial charge on any atom is -0.408 e. The van der Waals surface area contributed by atoms with Gasteiger partial charge in [-0.25, -0.2) is 8.42 Å². The molecule has 12 heteroatoms. The Bertz CT molecular complexity index is 1150. The Kier molecular flexibility index (Phi) is 6.56. The van der Waals surface area contributed by atoms with Gasteiger partial charge >= 0.3 is 12.2 Å². The number of hydrogen-bond acceptors (Lipinski definition) is 7. The first-order valence-electron chi connectivity index (χ1n) is 12.2. The van der Waals surface area contributed by atoms with Crippen molar-refractivity contribution in [2.75, 3.05) is 25.4 Å². The summed E-state index contributed by atoms with van der Waals surface area (Å²) in [6.07, 6.45) is 0.845. The zero-order valence-corrected chi connectivity index (χ0v) is 20.1. The van der Waals surface area contributed by atoms with E-state index in [0.29, 0.717) is 37.7 Å². The van der Waals surface area contributed by atoms with Crippen molar-refractivity contribution < 1.29 is 26.0 Å². The molecule has 0 bridgehead atoms. The van der Waals surface area contributed by atoms with Crippen molar-refractivity contribution >= 4 is 16.0 Å². The fourth-order valence-electron chi connectivity index (χ4n) is 6.39. The van der Waals surface area contributed by atoms with Crippen molar-refractivity contribution in [3.05, 3.63) is 35.7 Å². The number of halogens is 3. The van der Waals surface area contributed by atoms with Gasteiger partial charge in [-0.15, -0.1) is 5.10 Å². The number of nitrogen functional groups attached to an aromatic ring is 1. The molecular formula is C23H30F3N5O3S. The Morgan fingerprint density at radius 2 is 1.91 bits per heavy atom. The van der Waals surface area contributed by atoms with Crippen LogP contribution in [0.25, 0.3) is 0 Å². The van der Waals surface area contributed by atoms with E-state index in [9.17, 15) is 21.6 Å². The van der Waals surface area contributed by atoms with Crippen LogP contribution in [0.1, 0.15) is 50.0 Å². The molecule has 5 rings (SSSR count). The number of nitrogens with zero attached hydrogens (tertiary/aromatic N) is 4. The topological polar surface area (TPSA) is 106 Å². The highest BCUT2D eigenvalue weighted by atomic mass is 32.2. The molecule has 2 N–H and O–H groups in total. The van der Waals surface area contributed by atoms with Gasteiger partial charge in [0.15, 0.2) is 0 Å². The molecule has 0 spiro atoms. The molecule has 0 radical (unpaired) electrons. The minimum absolute atomic E-state index is 0.0145. The lowest BCUT2D eigenvalue weighted by atomic mass is 9.70. The first-order chi connectivity index (χ1) is 16.6. The number of sulfonamides is 1. The highest BCUT2D eigenvalue weighted by Crippen LogP contribution is 2.45. The number of aromatic nitrogens is 2. The van der Waals surface area contributed by atoms with Crippen molar-refractivity contribution in [1.82, 2.24) is 19.4 Å². The highest BCUT2D eigenvalue weighted by Gasteiger charge is 2.51. The molecule has 35 heavy (non-hydrogen) atoms. The first kappa shape index (κ1) is 24.5. The summed E-state index contributed by atoms with van der Waals surface area (Å²) in [6.45, 7) is 2.37. The Hall–Kier alpha value is -2.18. The smallest absolute Gasteiger partial charge is 0.408 e. The number of alkyl halides is 3. The summed E-state index contributed by atoms with van der Waals surface area (Å²) in [6, 6.07) is 4.08. The molecule has 3 aliphatic heterocycles. The summed E-state index contributed by atoms with van der Waals surface area (Å²) < 4.78 is 74.5. The van der Waals surface area contributed by atoms with Crippen molar-refractivity contribution in [2.24, 2.45) is 11.8 Å². The van der Waals surface area contributed by atoms with E-state index in [2.05, 4.69) is 15.1 Å². The van der Waals surface area contributed by atoms with Crippen LogP contribution in [-0.4, -0.2) is 59.5 Å². The van der Waals surface area contributed by atoms with Gasteiger partial charge in [0.2, 0.25) is 15.9 Å². The Balaban J connectivity index is 1.46. The van der Waals surface area contributed by atoms with Crippen LogP contribution in [0, 0.1) is 11.8 Å². The van der Waals surface area contributed by atoms with E-state index >= 15 is 0 Å². The molecule has 0 saturated carbocycles. The Morgan fingerprint density at radius 3 is 2.63 bits per heavy atom. The van der Waals surface area contributed by atoms with E-state index in [0.717, 1.165) is 50.9 Å². The lowest BCUT2D eigenvalue weighted by molar-refractivity contribution is -0.137. The van der Waals surface area contributed by atoms with Crippen LogP contribution in [0.2, 0.25) is 0 Å². The van der Waals surface area contributed by atoms with Gasteiger partial charge in [0.1, 0.15) is 0 Å². The predicted octanol–water partition coefficient (Wildman–Crippen LogP) is 3.56. The third-order valence-electron chi connectivity index (χ3n) is 7.77. The van der Waals surface area contributed by atoms with Gasteiger partial charge in [0.25, 0.3) is 0 Å². The average molecular weight is 514 g/mol. The van der Waals surface area contributed by atoms with Crippen LogP contribution in [0.4, 0.5) is 19.2 Å². The lowest BCUT2D eigenvalue weighted by Gasteiger charge is -2.57. The monoisotopic (exact) mass is 513 g/mol. The van der Waals surface area contributed by atoms with Crippen LogP contribution in [-0.2, 0) is 22.6 Å². The lowest BCUT2D eigenvalue weighted by Crippen LogP contribution is -2.65. The van der Waals surface area contributed by atoms with Crippen molar-refractivity contribution in [1.29, 1.82) is 0 Å². The van der Waals surface area contributed by atoms with E-state index in [1.165, 1.54) is 16.4 Å². The molecule has 2 aromatic rings. The van der Waals surface area contributed by atoms with Gasteiger partial charge in [-0.05, 0) is 81.6 Å². The molecule has 1 aromatic carbocycles. The fourth-order valence-corrected chi connectivity index (χ4v) is 8.19. The zero-order chi connectivity index (χ0) is 24.8. The maximum atomic E-state index is 13.8. The summed E-state index contributed by atoms with van der Waals surface area (Å²) in [4.78, 5) is 2.20. The molecule has 3 aliphatic rings. The largest absolute Gasteiger partial charge is 0.416 e. The molecule has 3 saturated heterocycles. The van der Waals surface area contributed by atoms with E-state index in [-0.39, 0.29) is 28.8 Å². The molecule has 4 atom stereocenters. The van der Waals surface area contributed by atoms with Crippen LogP contribution >= 0.6 is 0 Å². The summed E-state index contributed by atoms with van der Waals surface area (Å²) in [7, 11) is -4.13. The number of hydrogen-bond donors (Lipinski definition) is 1. The van der Waals surface area contributed by atoms with Crippen LogP contribution in [0.15, 0.2) is 33.6 Å². The number of benzene rings is 1. The van der Waals surface area contributed by atoms with Gasteiger partial charge in [-0.1, -0.05) is 11.2 Å². The summed E-state index contributed by atoms with van der Waals surface area (Å²) >= 11 is 0. The van der Waals surface area contributed by atoms with Crippen molar-refractivity contribution in [3.8, 4) is 0 Å². The molecule has 192 valence electrons. The van der Waals surface area contributed by atoms with Crippen LogP contribution in [0.5, 0.6) is 0 Å². The molecule has 4 heterocycles. The van der Waals surface area contributed by atoms with Crippen LogP contribution in [0.3, 0.4) is 0 Å². The second-order valence-electron chi connectivity index (χ2n) is 9.83. The van der Waals surface area contributed by atoms with E-state index in [1.54, 1.807) is 0 Å². The van der Waals surface area contributed by atoms with Gasteiger partial charge in [0.05, 0.1) is 10.5 Å². The van der Waals surface area contributed by atoms with E-state index in [4.69, 9.17) is 10.2 Å². The Labute approximate surface area is 202 Å². The average Bonchev–Trinajstić information content (AvgIpc) is 3.25. The minimum atomic E-state index is -4.61. The van der Waals surface area contributed by atoms with Crippen LogP contribution < -0.4 is 5.73 Å². The molecule has 3 fully saturated rings. The van der Waals surface area contributed by atoms with Gasteiger partial charge in [-0.2, -0.15) is 17.5 Å². The predicted molar refractivity (Wildman–Crippen MR) is 122 cm³/mol. The second kappa shape index (κ2) is 9.36. The number of anilines is 1. The molecule has 1 aromatic heterocycles. The second-order valence-corrected chi connectivity index (χ2v) is 11.7. The summed E-state index contributed by atoms with van der Waals surface area (Å²) in [5.41, 5.74) is 4.55.